The van der Waals surface area contributed by atoms with Crippen molar-refractivity contribution in [2.75, 3.05) is 119 Å². The number of aromatic hydroxyl groups is 1. The Morgan fingerprint density at radius 2 is 1.40 bits per heavy atom. The van der Waals surface area contributed by atoms with Gasteiger partial charge in [0, 0.05) is 56.0 Å². The Bertz CT molecular complexity index is 1860. The SMILES string of the molecule is CCCO[C@H](C[C@H](C(C)C)N(CCC)C(=O)[C@@H](NC(=O)[C@H]1CCCCN1C)[C@@H](C)CC)c1nc(C(=O)N[C@@H](Cc2ccc(O)cc2)C[C@H](C)C(=O)NCCOCCOCCOCCOCCOCCOCCN)cs1. The molecule has 0 bridgehead atoms. The van der Waals surface area contributed by atoms with Gasteiger partial charge in [-0.15, -0.1) is 11.3 Å². The third-order valence-electron chi connectivity index (χ3n) is 13.3. The molecule has 0 unspecified atom stereocenters. The second-order valence-electron chi connectivity index (χ2n) is 19.8. The van der Waals surface area contributed by atoms with Crippen LogP contribution in [0.25, 0.3) is 0 Å². The normalized spacial score (nSPS) is 16.5. The van der Waals surface area contributed by atoms with E-state index in [0.717, 1.165) is 50.6 Å². The zero-order chi connectivity index (χ0) is 54.8. The second-order valence-corrected chi connectivity index (χ2v) is 20.7. The van der Waals surface area contributed by atoms with E-state index in [1.165, 1.54) is 11.3 Å². The van der Waals surface area contributed by atoms with Crippen molar-refractivity contribution in [2.24, 2.45) is 23.5 Å². The highest BCUT2D eigenvalue weighted by molar-refractivity contribution is 7.09. The summed E-state index contributed by atoms with van der Waals surface area (Å²) in [5.41, 5.74) is 6.50. The van der Waals surface area contributed by atoms with Gasteiger partial charge in [-0.2, -0.15) is 0 Å². The second kappa shape index (κ2) is 38.7. The first-order valence-corrected chi connectivity index (χ1v) is 28.5. The molecule has 0 aliphatic carbocycles. The third kappa shape index (κ3) is 25.5. The number of nitrogens with one attached hydrogen (secondary N) is 3. The molecule has 0 spiro atoms. The first-order valence-electron chi connectivity index (χ1n) is 27.6. The molecular weight excluding hydrogens is 983 g/mol. The molecule has 3 rings (SSSR count). The number of likely N-dealkylation sites (N-methyl/N-ethyl adjacent to an activating group) is 1. The number of hydrogen-bond donors (Lipinski definition) is 5. The highest BCUT2D eigenvalue weighted by atomic mass is 32.1. The van der Waals surface area contributed by atoms with Crippen molar-refractivity contribution in [3.05, 3.63) is 45.9 Å². The maximum absolute atomic E-state index is 14.8. The van der Waals surface area contributed by atoms with E-state index >= 15 is 0 Å². The Labute approximate surface area is 452 Å². The Hall–Kier alpha value is -3.83. The molecule has 1 saturated heterocycles. The molecule has 1 aromatic heterocycles. The summed E-state index contributed by atoms with van der Waals surface area (Å²) in [6.07, 6.45) is 5.77. The van der Waals surface area contributed by atoms with Gasteiger partial charge < -0.3 is 64.8 Å². The van der Waals surface area contributed by atoms with E-state index < -0.39 is 24.1 Å². The third-order valence-corrected chi connectivity index (χ3v) is 14.2. The van der Waals surface area contributed by atoms with E-state index in [2.05, 4.69) is 41.6 Å². The van der Waals surface area contributed by atoms with Crippen LogP contribution >= 0.6 is 11.3 Å². The van der Waals surface area contributed by atoms with E-state index in [1.54, 1.807) is 29.6 Å². The van der Waals surface area contributed by atoms with Gasteiger partial charge in [0.1, 0.15) is 28.6 Å². The number of phenols is 1. The lowest BCUT2D eigenvalue weighted by Gasteiger charge is -2.40. The summed E-state index contributed by atoms with van der Waals surface area (Å²) in [5, 5.41) is 21.6. The van der Waals surface area contributed by atoms with Crippen molar-refractivity contribution in [1.82, 2.24) is 30.7 Å². The topological polar surface area (TPSA) is 235 Å². The first-order chi connectivity index (χ1) is 36.2. The smallest absolute Gasteiger partial charge is 0.270 e. The Morgan fingerprint density at radius 3 is 1.95 bits per heavy atom. The minimum Gasteiger partial charge on any atom is -0.508 e. The molecule has 20 heteroatoms. The van der Waals surface area contributed by atoms with Crippen molar-refractivity contribution < 1.29 is 57.4 Å². The summed E-state index contributed by atoms with van der Waals surface area (Å²) in [7, 11) is 1.98. The molecule has 0 radical (unpaired) electrons. The summed E-state index contributed by atoms with van der Waals surface area (Å²) < 4.78 is 39.4. The van der Waals surface area contributed by atoms with Gasteiger partial charge in [-0.1, -0.05) is 73.4 Å². The summed E-state index contributed by atoms with van der Waals surface area (Å²) in [6.45, 7) is 22.2. The zero-order valence-electron chi connectivity index (χ0n) is 46.7. The fourth-order valence-corrected chi connectivity index (χ4v) is 9.68. The van der Waals surface area contributed by atoms with Crippen LogP contribution in [0.3, 0.4) is 0 Å². The van der Waals surface area contributed by atoms with Crippen molar-refractivity contribution >= 4 is 35.0 Å². The van der Waals surface area contributed by atoms with Crippen molar-refractivity contribution in [3.8, 4) is 5.75 Å². The standard InChI is InChI=1S/C55H95N7O12S/c1-9-21-62(55(67)50(41(6)11-3)60-53(66)47-14-12-13-22-61(47)8)48(40(4)5)38-49(74-23-10-2)54-59-46(39-75-54)52(65)58-44(37-43-15-17-45(63)18-16-43)36-42(7)51(64)57-20-25-69-27-29-71-31-33-73-35-34-72-32-30-70-28-26-68-24-19-56/h15-18,39-42,44,47-50,63H,9-14,19-38,56H2,1-8H3,(H,57,64)(H,58,65)(H,60,66)/t41-,42-,44+,47+,48+,49+,50-/m0/s1. The number of nitrogens with two attached hydrogens (primary N) is 1. The highest BCUT2D eigenvalue weighted by Gasteiger charge is 2.38. The number of piperidine rings is 1. The molecule has 428 valence electrons. The molecule has 4 amide bonds. The number of likely N-dealkylation sites (tertiary alicyclic amines) is 1. The van der Waals surface area contributed by atoms with Crippen LogP contribution in [0.2, 0.25) is 0 Å². The fraction of sp³-hybridized carbons (Fsp3) is 0.764. The van der Waals surface area contributed by atoms with Crippen LogP contribution in [-0.4, -0.2) is 187 Å². The minimum atomic E-state index is -0.671. The number of hydrogen-bond acceptors (Lipinski definition) is 16. The molecule has 1 fully saturated rings. The van der Waals surface area contributed by atoms with Crippen LogP contribution in [0.5, 0.6) is 5.75 Å². The van der Waals surface area contributed by atoms with Crippen LogP contribution in [0.4, 0.5) is 0 Å². The largest absolute Gasteiger partial charge is 0.508 e. The summed E-state index contributed by atoms with van der Waals surface area (Å²) in [5.74, 6) is -1.07. The lowest BCUT2D eigenvalue weighted by atomic mass is 9.92. The fourth-order valence-electron chi connectivity index (χ4n) is 8.83. The molecule has 1 aliphatic rings. The van der Waals surface area contributed by atoms with Gasteiger partial charge in [0.05, 0.1) is 85.3 Å². The average Bonchev–Trinajstić information content (AvgIpc) is 3.90. The number of benzene rings is 1. The molecule has 1 aliphatic heterocycles. The first kappa shape index (κ1) is 65.5. The Morgan fingerprint density at radius 1 is 0.800 bits per heavy atom. The van der Waals surface area contributed by atoms with Gasteiger partial charge in [0.2, 0.25) is 17.7 Å². The molecule has 0 saturated carbocycles. The molecule has 75 heavy (non-hydrogen) atoms. The maximum Gasteiger partial charge on any atom is 0.270 e. The lowest BCUT2D eigenvalue weighted by Crippen LogP contribution is -2.58. The van der Waals surface area contributed by atoms with E-state index in [1.807, 2.05) is 39.6 Å². The van der Waals surface area contributed by atoms with E-state index in [-0.39, 0.29) is 59.0 Å². The molecule has 1 aromatic carbocycles. The number of carbonyl (C=O) groups is 4. The number of carbonyl (C=O) groups excluding carboxylic acids is 4. The highest BCUT2D eigenvalue weighted by Crippen LogP contribution is 2.32. The molecule has 7 atom stereocenters. The number of phenolic OH excluding ortho intramolecular Hbond substituents is 1. The molecule has 6 N–H and O–H groups in total. The predicted octanol–water partition coefficient (Wildman–Crippen LogP) is 5.53. The van der Waals surface area contributed by atoms with Crippen LogP contribution in [0.1, 0.15) is 127 Å². The number of thiazole rings is 1. The van der Waals surface area contributed by atoms with Crippen LogP contribution in [0, 0.1) is 17.8 Å². The van der Waals surface area contributed by atoms with Gasteiger partial charge in [0.15, 0.2) is 0 Å². The lowest BCUT2D eigenvalue weighted by molar-refractivity contribution is -0.143. The molecule has 2 aromatic rings. The van der Waals surface area contributed by atoms with Gasteiger partial charge in [0.25, 0.3) is 5.91 Å². The monoisotopic (exact) mass is 1080 g/mol. The zero-order valence-corrected chi connectivity index (χ0v) is 47.5. The van der Waals surface area contributed by atoms with Gasteiger partial charge in [-0.3, -0.25) is 24.1 Å². The summed E-state index contributed by atoms with van der Waals surface area (Å²) in [6, 6.07) is 5.19. The quantitative estimate of drug-likeness (QED) is 0.0515. The van der Waals surface area contributed by atoms with Crippen LogP contribution < -0.4 is 21.7 Å². The average molecular weight is 1080 g/mol. The Kier molecular flexibility index (Phi) is 33.8. The number of ether oxygens (including phenoxy) is 7. The molecular formula is C55H95N7O12S. The molecule has 19 nitrogen and oxygen atoms in total. The van der Waals surface area contributed by atoms with Crippen molar-refractivity contribution in [2.45, 2.75) is 137 Å². The number of amides is 4. The van der Waals surface area contributed by atoms with Crippen molar-refractivity contribution in [3.63, 3.8) is 0 Å². The Balaban J connectivity index is 1.57. The minimum absolute atomic E-state index is 0.0468. The number of nitrogens with zero attached hydrogens (tertiary/aromatic N) is 3. The summed E-state index contributed by atoms with van der Waals surface area (Å²) >= 11 is 1.35. The van der Waals surface area contributed by atoms with Crippen molar-refractivity contribution in [1.29, 1.82) is 0 Å². The molecule has 2 heterocycles. The van der Waals surface area contributed by atoms with E-state index in [9.17, 15) is 24.3 Å². The number of aromatic nitrogens is 1. The van der Waals surface area contributed by atoms with E-state index in [0.29, 0.717) is 130 Å². The predicted molar refractivity (Wildman–Crippen MR) is 292 cm³/mol. The van der Waals surface area contributed by atoms with Crippen LogP contribution in [-0.2, 0) is 54.0 Å². The van der Waals surface area contributed by atoms with E-state index in [4.69, 9.17) is 43.9 Å². The van der Waals surface area contributed by atoms with Crippen LogP contribution in [0.15, 0.2) is 29.6 Å². The summed E-state index contributed by atoms with van der Waals surface area (Å²) in [4.78, 5) is 64.8. The number of rotatable bonds is 42. The van der Waals surface area contributed by atoms with Gasteiger partial charge in [-0.05, 0) is 81.6 Å². The maximum atomic E-state index is 14.8. The van der Waals surface area contributed by atoms with Gasteiger partial charge >= 0.3 is 0 Å². The van der Waals surface area contributed by atoms with Gasteiger partial charge in [-0.25, -0.2) is 4.98 Å².